The zero-order chi connectivity index (χ0) is 10.6. The minimum atomic E-state index is 0.819. The molecule has 0 amide bonds. The summed E-state index contributed by atoms with van der Waals surface area (Å²) in [5.41, 5.74) is 2.77. The number of rotatable bonds is 4. The van der Waals surface area contributed by atoms with Crippen LogP contribution in [0.3, 0.4) is 0 Å². The monoisotopic (exact) mass is 208 g/mol. The first-order valence-corrected chi connectivity index (χ1v) is 6.32. The Hall–Kier alpha value is -0.430. The molecule has 0 radical (unpaired) electrons. The van der Waals surface area contributed by atoms with Crippen molar-refractivity contribution in [1.82, 2.24) is 0 Å². The number of benzene rings is 1. The van der Waals surface area contributed by atoms with Gasteiger partial charge >= 0.3 is 0 Å². The van der Waals surface area contributed by atoms with E-state index >= 15 is 0 Å². The predicted octanol–water partition coefficient (Wildman–Crippen LogP) is 4.44. The van der Waals surface area contributed by atoms with Gasteiger partial charge in [0.05, 0.1) is 0 Å². The average Bonchev–Trinajstić information content (AvgIpc) is 2.19. The van der Waals surface area contributed by atoms with Crippen molar-refractivity contribution >= 4 is 11.8 Å². The van der Waals surface area contributed by atoms with Gasteiger partial charge in [0.15, 0.2) is 0 Å². The summed E-state index contributed by atoms with van der Waals surface area (Å²) in [5, 5.41) is 0. The van der Waals surface area contributed by atoms with E-state index in [0.717, 1.165) is 5.92 Å². The van der Waals surface area contributed by atoms with E-state index in [1.165, 1.54) is 28.2 Å². The molecule has 1 aromatic carbocycles. The van der Waals surface area contributed by atoms with Crippen molar-refractivity contribution in [3.05, 3.63) is 29.3 Å². The second-order valence-corrected chi connectivity index (χ2v) is 5.16. The van der Waals surface area contributed by atoms with Gasteiger partial charge in [0.2, 0.25) is 0 Å². The molecule has 0 heterocycles. The molecule has 1 aromatic rings. The Kier molecular flexibility index (Phi) is 4.53. The van der Waals surface area contributed by atoms with Crippen LogP contribution in [0.4, 0.5) is 0 Å². The van der Waals surface area contributed by atoms with Crippen LogP contribution in [0.5, 0.6) is 0 Å². The molecule has 0 aliphatic carbocycles. The van der Waals surface area contributed by atoms with Crippen molar-refractivity contribution in [1.29, 1.82) is 0 Å². The third-order valence-corrected chi connectivity index (χ3v) is 4.05. The van der Waals surface area contributed by atoms with Crippen LogP contribution in [0.15, 0.2) is 23.1 Å². The highest BCUT2D eigenvalue weighted by Crippen LogP contribution is 2.26. The van der Waals surface area contributed by atoms with E-state index in [1.54, 1.807) is 0 Å². The summed E-state index contributed by atoms with van der Waals surface area (Å²) >= 11 is 1.99. The molecule has 0 aromatic heterocycles. The largest absolute Gasteiger partial charge is 0.126 e. The van der Waals surface area contributed by atoms with Crippen LogP contribution in [0, 0.1) is 19.8 Å². The lowest BCUT2D eigenvalue weighted by atomic mass is 10.2. The second-order valence-electron chi connectivity index (χ2n) is 4.09. The van der Waals surface area contributed by atoms with Gasteiger partial charge in [-0.25, -0.2) is 0 Å². The van der Waals surface area contributed by atoms with Gasteiger partial charge in [-0.1, -0.05) is 38.0 Å². The molecular formula is C13H20S. The van der Waals surface area contributed by atoms with Crippen molar-refractivity contribution in [3.63, 3.8) is 0 Å². The van der Waals surface area contributed by atoms with Gasteiger partial charge in [-0.05, 0) is 31.4 Å². The number of hydrogen-bond donors (Lipinski definition) is 0. The van der Waals surface area contributed by atoms with Gasteiger partial charge < -0.3 is 0 Å². The zero-order valence-electron chi connectivity index (χ0n) is 9.63. The molecule has 0 aliphatic heterocycles. The molecule has 0 N–H and O–H groups in total. The Morgan fingerprint density at radius 3 is 2.64 bits per heavy atom. The Morgan fingerprint density at radius 2 is 2.00 bits per heavy atom. The topological polar surface area (TPSA) is 0 Å². The van der Waals surface area contributed by atoms with Gasteiger partial charge in [0, 0.05) is 10.6 Å². The van der Waals surface area contributed by atoms with E-state index in [-0.39, 0.29) is 0 Å². The van der Waals surface area contributed by atoms with E-state index < -0.39 is 0 Å². The highest BCUT2D eigenvalue weighted by atomic mass is 32.2. The van der Waals surface area contributed by atoms with Crippen LogP contribution >= 0.6 is 11.8 Å². The van der Waals surface area contributed by atoms with Crippen LogP contribution in [0.2, 0.25) is 0 Å². The van der Waals surface area contributed by atoms with Crippen LogP contribution in [-0.4, -0.2) is 5.75 Å². The predicted molar refractivity (Wildman–Crippen MR) is 66.1 cm³/mol. The minimum absolute atomic E-state index is 0.819. The fraction of sp³-hybridized carbons (Fsp3) is 0.538. The third-order valence-electron chi connectivity index (χ3n) is 2.56. The highest BCUT2D eigenvalue weighted by Gasteiger charge is 2.03. The van der Waals surface area contributed by atoms with Gasteiger partial charge in [0.25, 0.3) is 0 Å². The lowest BCUT2D eigenvalue weighted by molar-refractivity contribution is 0.637. The molecule has 0 bridgehead atoms. The highest BCUT2D eigenvalue weighted by molar-refractivity contribution is 7.99. The van der Waals surface area contributed by atoms with Gasteiger partial charge in [-0.3, -0.25) is 0 Å². The first kappa shape index (κ1) is 11.6. The number of hydrogen-bond acceptors (Lipinski definition) is 1. The summed E-state index contributed by atoms with van der Waals surface area (Å²) in [6.45, 7) is 8.93. The SMILES string of the molecule is CCC(C)CSc1cc(C)ccc1C. The lowest BCUT2D eigenvalue weighted by Crippen LogP contribution is -1.95. The van der Waals surface area contributed by atoms with E-state index in [2.05, 4.69) is 45.9 Å². The Bertz CT molecular complexity index is 291. The Labute approximate surface area is 92.1 Å². The van der Waals surface area contributed by atoms with Crippen LogP contribution in [-0.2, 0) is 0 Å². The van der Waals surface area contributed by atoms with E-state index in [0.29, 0.717) is 0 Å². The fourth-order valence-corrected chi connectivity index (χ4v) is 2.48. The first-order chi connectivity index (χ1) is 6.63. The minimum Gasteiger partial charge on any atom is -0.126 e. The number of thioether (sulfide) groups is 1. The molecule has 78 valence electrons. The van der Waals surface area contributed by atoms with Crippen molar-refractivity contribution in [2.45, 2.75) is 39.0 Å². The van der Waals surface area contributed by atoms with Crippen LogP contribution in [0.1, 0.15) is 31.4 Å². The molecule has 0 spiro atoms. The Morgan fingerprint density at radius 1 is 1.29 bits per heavy atom. The van der Waals surface area contributed by atoms with Crippen molar-refractivity contribution in [2.24, 2.45) is 5.92 Å². The Balaban J connectivity index is 2.62. The smallest absolute Gasteiger partial charge is 0.0104 e. The molecule has 0 fully saturated rings. The molecule has 0 nitrogen and oxygen atoms in total. The van der Waals surface area contributed by atoms with E-state index in [4.69, 9.17) is 0 Å². The summed E-state index contributed by atoms with van der Waals surface area (Å²) in [7, 11) is 0. The summed E-state index contributed by atoms with van der Waals surface area (Å²) in [6, 6.07) is 6.69. The lowest BCUT2D eigenvalue weighted by Gasteiger charge is -2.10. The fourth-order valence-electron chi connectivity index (χ4n) is 1.21. The summed E-state index contributed by atoms with van der Waals surface area (Å²) < 4.78 is 0. The summed E-state index contributed by atoms with van der Waals surface area (Å²) in [6.07, 6.45) is 1.28. The standard InChI is InChI=1S/C13H20S/c1-5-10(2)9-14-13-8-11(3)6-7-12(13)4/h6-8,10H,5,9H2,1-4H3. The summed E-state index contributed by atoms with van der Waals surface area (Å²) in [4.78, 5) is 1.45. The third kappa shape index (κ3) is 3.38. The van der Waals surface area contributed by atoms with Crippen molar-refractivity contribution < 1.29 is 0 Å². The van der Waals surface area contributed by atoms with E-state index in [9.17, 15) is 0 Å². The van der Waals surface area contributed by atoms with Crippen LogP contribution in [0.25, 0.3) is 0 Å². The maximum Gasteiger partial charge on any atom is 0.0104 e. The first-order valence-electron chi connectivity index (χ1n) is 5.33. The normalized spacial score (nSPS) is 12.9. The van der Waals surface area contributed by atoms with Gasteiger partial charge in [-0.15, -0.1) is 11.8 Å². The second kappa shape index (κ2) is 5.45. The van der Waals surface area contributed by atoms with E-state index in [1.807, 2.05) is 11.8 Å². The van der Waals surface area contributed by atoms with Crippen molar-refractivity contribution in [2.75, 3.05) is 5.75 Å². The molecule has 1 rings (SSSR count). The quantitative estimate of drug-likeness (QED) is 0.659. The number of aryl methyl sites for hydroxylation is 2. The van der Waals surface area contributed by atoms with Crippen molar-refractivity contribution in [3.8, 4) is 0 Å². The molecule has 0 saturated heterocycles. The average molecular weight is 208 g/mol. The molecule has 0 aliphatic rings. The van der Waals surface area contributed by atoms with Crippen LogP contribution < -0.4 is 0 Å². The summed E-state index contributed by atoms with van der Waals surface area (Å²) in [5.74, 6) is 2.06. The van der Waals surface area contributed by atoms with Gasteiger partial charge in [0.1, 0.15) is 0 Å². The molecule has 1 heteroatoms. The molecule has 0 saturated carbocycles. The molecule has 1 atom stereocenters. The molecular weight excluding hydrogens is 188 g/mol. The maximum absolute atomic E-state index is 2.32. The van der Waals surface area contributed by atoms with Gasteiger partial charge in [-0.2, -0.15) is 0 Å². The maximum atomic E-state index is 2.32. The molecule has 1 unspecified atom stereocenters. The zero-order valence-corrected chi connectivity index (χ0v) is 10.4. The molecule has 14 heavy (non-hydrogen) atoms.